The molecule has 0 aromatic heterocycles. The van der Waals surface area contributed by atoms with Gasteiger partial charge in [0.1, 0.15) is 17.4 Å². The van der Waals surface area contributed by atoms with Gasteiger partial charge in [-0.2, -0.15) is 0 Å². The van der Waals surface area contributed by atoms with Gasteiger partial charge >= 0.3 is 0 Å². The highest BCUT2D eigenvalue weighted by Gasteiger charge is 2.55. The number of carbonyl (C=O) groups excluding carboxylic acids is 2. The third-order valence-corrected chi connectivity index (χ3v) is 7.09. The zero-order chi connectivity index (χ0) is 20.9. The van der Waals surface area contributed by atoms with Gasteiger partial charge in [0.15, 0.2) is 5.78 Å². The molecular weight excluding hydrogens is 358 g/mol. The monoisotopic (exact) mass is 389 g/mol. The normalized spacial score (nSPS) is 43.0. The van der Waals surface area contributed by atoms with Crippen molar-refractivity contribution in [1.82, 2.24) is 4.90 Å². The molecule has 6 atom stereocenters. The second-order valence-electron chi connectivity index (χ2n) is 8.93. The zero-order valence-corrected chi connectivity index (χ0v) is 17.1. The summed E-state index contributed by atoms with van der Waals surface area (Å²) in [5.41, 5.74) is -1.80. The second kappa shape index (κ2) is 7.16. The topological polar surface area (TPSA) is 98.1 Å². The smallest absolute Gasteiger partial charge is 0.261 e. The van der Waals surface area contributed by atoms with E-state index in [1.807, 2.05) is 39.0 Å². The molecule has 6 nitrogen and oxygen atoms in total. The van der Waals surface area contributed by atoms with Gasteiger partial charge in [0.2, 0.25) is 0 Å². The third kappa shape index (κ3) is 3.03. The average Bonchev–Trinajstić information content (AvgIpc) is 2.84. The first-order chi connectivity index (χ1) is 13.1. The Hall–Kier alpha value is -1.92. The summed E-state index contributed by atoms with van der Waals surface area (Å²) in [6.45, 7) is 5.17. The van der Waals surface area contributed by atoms with Gasteiger partial charge in [0.25, 0.3) is 5.91 Å². The molecule has 3 rings (SSSR count). The summed E-state index contributed by atoms with van der Waals surface area (Å²) in [4.78, 5) is 26.7. The van der Waals surface area contributed by atoms with E-state index in [1.54, 1.807) is 0 Å². The number of rotatable bonds is 3. The lowest BCUT2D eigenvalue weighted by atomic mass is 9.53. The number of amides is 1. The van der Waals surface area contributed by atoms with E-state index < -0.39 is 35.4 Å². The van der Waals surface area contributed by atoms with Crippen molar-refractivity contribution in [2.45, 2.75) is 51.7 Å². The maximum atomic E-state index is 12.8. The summed E-state index contributed by atoms with van der Waals surface area (Å²) in [5, 5.41) is 31.4. The van der Waals surface area contributed by atoms with Gasteiger partial charge in [0.05, 0.1) is 12.2 Å². The quantitative estimate of drug-likeness (QED) is 0.297. The molecule has 1 aliphatic heterocycles. The Balaban J connectivity index is 2.14. The maximum absolute atomic E-state index is 12.8. The first-order valence-corrected chi connectivity index (χ1v) is 9.98. The minimum atomic E-state index is -0.949. The lowest BCUT2D eigenvalue weighted by molar-refractivity contribution is -0.126. The highest BCUT2D eigenvalue weighted by atomic mass is 16.3. The maximum Gasteiger partial charge on any atom is 0.261 e. The molecule has 28 heavy (non-hydrogen) atoms. The lowest BCUT2D eigenvalue weighted by Gasteiger charge is -2.52. The highest BCUT2D eigenvalue weighted by Crippen LogP contribution is 2.56. The number of likely N-dealkylation sites (tertiary alicyclic amines) is 1. The molecule has 0 bridgehead atoms. The molecule has 1 amide bonds. The fourth-order valence-electron chi connectivity index (χ4n) is 5.35. The highest BCUT2D eigenvalue weighted by molar-refractivity contribution is 6.26. The molecule has 2 aliphatic carbocycles. The summed E-state index contributed by atoms with van der Waals surface area (Å²) in [6.07, 6.45) is 9.87. The molecular formula is C22H31NO5. The molecule has 3 aliphatic rings. The van der Waals surface area contributed by atoms with Crippen molar-refractivity contribution in [3.8, 4) is 0 Å². The molecule has 2 fully saturated rings. The molecule has 0 unspecified atom stereocenters. The Kier molecular flexibility index (Phi) is 5.32. The molecule has 3 N–H and O–H groups in total. The molecule has 0 radical (unpaired) electrons. The first-order valence-electron chi connectivity index (χ1n) is 9.98. The van der Waals surface area contributed by atoms with Crippen LogP contribution >= 0.6 is 0 Å². The predicted octanol–water partition coefficient (Wildman–Crippen LogP) is 2.14. The SMILES string of the molecule is C/C=C/[C@@H]1C=C[C@@H]2C[C@@](C)(O)CC[C@H]2[C@]1(C)C(O)=C1C(=O)[C@H](CO)N(C)C1=O. The lowest BCUT2D eigenvalue weighted by Crippen LogP contribution is -2.48. The van der Waals surface area contributed by atoms with Crippen molar-refractivity contribution >= 4 is 11.7 Å². The van der Waals surface area contributed by atoms with Gasteiger partial charge in [0, 0.05) is 18.4 Å². The molecule has 0 spiro atoms. The van der Waals surface area contributed by atoms with Crippen LogP contribution in [0.15, 0.2) is 35.6 Å². The van der Waals surface area contributed by atoms with Crippen LogP contribution < -0.4 is 0 Å². The van der Waals surface area contributed by atoms with Crippen LogP contribution in [-0.4, -0.2) is 57.2 Å². The van der Waals surface area contributed by atoms with Crippen LogP contribution in [0.2, 0.25) is 0 Å². The number of aliphatic hydroxyl groups excluding tert-OH is 2. The van der Waals surface area contributed by atoms with Crippen molar-refractivity contribution in [2.24, 2.45) is 23.2 Å². The molecule has 0 aromatic carbocycles. The fourth-order valence-corrected chi connectivity index (χ4v) is 5.35. The number of ketones is 1. The van der Waals surface area contributed by atoms with Crippen LogP contribution in [0.3, 0.4) is 0 Å². The van der Waals surface area contributed by atoms with E-state index in [1.165, 1.54) is 11.9 Å². The number of aliphatic hydroxyl groups is 3. The first kappa shape index (κ1) is 20.8. The minimum absolute atomic E-state index is 0.00879. The van der Waals surface area contributed by atoms with E-state index in [0.29, 0.717) is 19.3 Å². The molecule has 0 aromatic rings. The fraction of sp³-hybridized carbons (Fsp3) is 0.636. The van der Waals surface area contributed by atoms with E-state index in [9.17, 15) is 24.9 Å². The van der Waals surface area contributed by atoms with Crippen molar-refractivity contribution < 1.29 is 24.9 Å². The van der Waals surface area contributed by atoms with E-state index in [0.717, 1.165) is 0 Å². The zero-order valence-electron chi connectivity index (χ0n) is 17.1. The number of nitrogens with zero attached hydrogens (tertiary/aromatic N) is 1. The van der Waals surface area contributed by atoms with E-state index >= 15 is 0 Å². The third-order valence-electron chi connectivity index (χ3n) is 7.09. The molecule has 1 saturated heterocycles. The van der Waals surface area contributed by atoms with Crippen LogP contribution in [0, 0.1) is 23.2 Å². The van der Waals surface area contributed by atoms with Crippen LogP contribution in [0.4, 0.5) is 0 Å². The van der Waals surface area contributed by atoms with Gasteiger partial charge in [-0.05, 0) is 44.9 Å². The number of carbonyl (C=O) groups is 2. The van der Waals surface area contributed by atoms with Gasteiger partial charge in [-0.15, -0.1) is 0 Å². The summed E-state index contributed by atoms with van der Waals surface area (Å²) in [6, 6.07) is -0.949. The Morgan fingerprint density at radius 2 is 2.00 bits per heavy atom. The number of hydrogen-bond donors (Lipinski definition) is 3. The van der Waals surface area contributed by atoms with Gasteiger partial charge in [-0.25, -0.2) is 0 Å². The van der Waals surface area contributed by atoms with Crippen molar-refractivity contribution in [1.29, 1.82) is 0 Å². The van der Waals surface area contributed by atoms with Crippen LogP contribution in [0.1, 0.15) is 40.0 Å². The number of allylic oxidation sites excluding steroid dienone is 5. The van der Waals surface area contributed by atoms with Crippen LogP contribution in [0.5, 0.6) is 0 Å². The van der Waals surface area contributed by atoms with Gasteiger partial charge in [-0.1, -0.05) is 31.2 Å². The van der Waals surface area contributed by atoms with E-state index in [2.05, 4.69) is 6.08 Å². The van der Waals surface area contributed by atoms with Crippen LogP contribution in [0.25, 0.3) is 0 Å². The minimum Gasteiger partial charge on any atom is -0.511 e. The van der Waals surface area contributed by atoms with Crippen molar-refractivity contribution in [2.75, 3.05) is 13.7 Å². The number of Topliss-reactive ketones (excluding diaryl/α,β-unsaturated/α-hetero) is 1. The van der Waals surface area contributed by atoms with E-state index in [-0.39, 0.29) is 29.1 Å². The molecule has 6 heteroatoms. The Bertz CT molecular complexity index is 765. The van der Waals surface area contributed by atoms with Crippen molar-refractivity contribution in [3.63, 3.8) is 0 Å². The number of fused-ring (bicyclic) bond motifs is 1. The van der Waals surface area contributed by atoms with Crippen molar-refractivity contribution in [3.05, 3.63) is 35.6 Å². The largest absolute Gasteiger partial charge is 0.511 e. The molecule has 1 saturated carbocycles. The Morgan fingerprint density at radius 3 is 2.57 bits per heavy atom. The number of hydrogen-bond acceptors (Lipinski definition) is 5. The Labute approximate surface area is 166 Å². The molecule has 154 valence electrons. The summed E-state index contributed by atoms with van der Waals surface area (Å²) < 4.78 is 0. The second-order valence-corrected chi connectivity index (χ2v) is 8.93. The molecule has 1 heterocycles. The average molecular weight is 389 g/mol. The summed E-state index contributed by atoms with van der Waals surface area (Å²) in [7, 11) is 1.47. The van der Waals surface area contributed by atoms with Gasteiger partial charge < -0.3 is 20.2 Å². The van der Waals surface area contributed by atoms with Crippen LogP contribution in [-0.2, 0) is 9.59 Å². The number of likely N-dealkylation sites (N-methyl/N-ethyl adjacent to an activating group) is 1. The summed E-state index contributed by atoms with van der Waals surface area (Å²) in [5.74, 6) is -1.39. The van der Waals surface area contributed by atoms with E-state index in [4.69, 9.17) is 0 Å². The van der Waals surface area contributed by atoms with Gasteiger partial charge in [-0.3, -0.25) is 9.59 Å². The Morgan fingerprint density at radius 1 is 1.32 bits per heavy atom. The standard InChI is InChI=1S/C22H31NO5/c1-5-6-14-8-7-13-11-21(2,28)10-9-15(13)22(14,3)19(26)17-18(25)16(12-24)23(4)20(17)27/h5-8,13-16,24,26,28H,9-12H2,1-4H3/b6-5+,19-17?/t13-,14-,15-,16+,21+,22-/m1/s1. The summed E-state index contributed by atoms with van der Waals surface area (Å²) >= 11 is 0. The predicted molar refractivity (Wildman–Crippen MR) is 105 cm³/mol.